The molecule has 1 aromatic carbocycles. The molecule has 0 unspecified atom stereocenters. The molecule has 1 aromatic heterocycles. The van der Waals surface area contributed by atoms with Crippen LogP contribution in [0.15, 0.2) is 34.9 Å². The van der Waals surface area contributed by atoms with Gasteiger partial charge in [0, 0.05) is 30.7 Å². The molecule has 2 N–H and O–H groups in total. The van der Waals surface area contributed by atoms with Crippen LogP contribution in [-0.2, 0) is 0 Å². The highest BCUT2D eigenvalue weighted by Crippen LogP contribution is 2.50. The summed E-state index contributed by atoms with van der Waals surface area (Å²) in [4.78, 5) is 14.2. The summed E-state index contributed by atoms with van der Waals surface area (Å²) in [5.41, 5.74) is 0.952. The van der Waals surface area contributed by atoms with Crippen LogP contribution in [0.2, 0.25) is 0 Å². The summed E-state index contributed by atoms with van der Waals surface area (Å²) in [5.74, 6) is 1.10. The van der Waals surface area contributed by atoms with Gasteiger partial charge in [-0.2, -0.15) is 0 Å². The number of nitrogens with one attached hydrogen (secondary N) is 1. The van der Waals surface area contributed by atoms with E-state index in [2.05, 4.69) is 15.4 Å². The van der Waals surface area contributed by atoms with Crippen molar-refractivity contribution in [2.24, 2.45) is 11.8 Å². The zero-order chi connectivity index (χ0) is 16.3. The first kappa shape index (κ1) is 14.0. The maximum atomic E-state index is 12.0. The van der Waals surface area contributed by atoms with Gasteiger partial charge in [0.1, 0.15) is 0 Å². The van der Waals surface area contributed by atoms with Gasteiger partial charge in [-0.05, 0) is 24.7 Å². The van der Waals surface area contributed by atoms with Crippen LogP contribution >= 0.6 is 0 Å². The minimum absolute atomic E-state index is 0.200. The lowest BCUT2D eigenvalue weighted by atomic mass is 9.82. The second-order valence-corrected chi connectivity index (χ2v) is 6.99. The smallest absolute Gasteiger partial charge is 0.343 e. The maximum absolute atomic E-state index is 12.0. The normalized spacial score (nSPS) is 30.8. The van der Waals surface area contributed by atoms with E-state index in [1.165, 1.54) is 0 Å². The molecule has 24 heavy (non-hydrogen) atoms. The average Bonchev–Trinajstić information content (AvgIpc) is 3.34. The van der Waals surface area contributed by atoms with Gasteiger partial charge >= 0.3 is 5.97 Å². The van der Waals surface area contributed by atoms with Crippen LogP contribution < -0.4 is 10.2 Å². The first-order valence-corrected chi connectivity index (χ1v) is 8.53. The first-order valence-electron chi connectivity index (χ1n) is 8.53. The third-order valence-electron chi connectivity index (χ3n) is 5.94. The van der Waals surface area contributed by atoms with E-state index in [1.807, 2.05) is 30.3 Å². The fraction of sp³-hybridized carbons (Fsp3) is 0.444. The Morgan fingerprint density at radius 2 is 1.83 bits per heavy atom. The summed E-state index contributed by atoms with van der Waals surface area (Å²) in [7, 11) is 0. The lowest BCUT2D eigenvalue weighted by molar-refractivity contribution is 0.0697. The van der Waals surface area contributed by atoms with E-state index in [1.54, 1.807) is 0 Å². The van der Waals surface area contributed by atoms with Crippen molar-refractivity contribution in [3.05, 3.63) is 35.9 Å². The number of hydrogen-bond donors (Lipinski definition) is 2. The minimum Gasteiger partial charge on any atom is -0.477 e. The molecule has 3 aliphatic rings. The van der Waals surface area contributed by atoms with Crippen molar-refractivity contribution >= 4 is 11.8 Å². The lowest BCUT2D eigenvalue weighted by Gasteiger charge is -2.24. The van der Waals surface area contributed by atoms with Crippen molar-refractivity contribution in [3.63, 3.8) is 0 Å². The summed E-state index contributed by atoms with van der Waals surface area (Å²) >= 11 is 0. The highest BCUT2D eigenvalue weighted by Gasteiger charge is 2.56. The number of nitrogens with zero attached hydrogens (tertiary/aromatic N) is 2. The van der Waals surface area contributed by atoms with Gasteiger partial charge < -0.3 is 19.8 Å². The fourth-order valence-electron chi connectivity index (χ4n) is 5.02. The van der Waals surface area contributed by atoms with E-state index < -0.39 is 5.97 Å². The van der Waals surface area contributed by atoms with E-state index in [0.717, 1.165) is 31.5 Å². The van der Waals surface area contributed by atoms with Crippen molar-refractivity contribution < 1.29 is 14.4 Å². The van der Waals surface area contributed by atoms with Crippen LogP contribution in [0, 0.1) is 11.8 Å². The van der Waals surface area contributed by atoms with Crippen LogP contribution in [-0.4, -0.2) is 41.4 Å². The molecule has 3 aliphatic heterocycles. The summed E-state index contributed by atoms with van der Waals surface area (Å²) in [6.45, 7) is 2.04. The second-order valence-electron chi connectivity index (χ2n) is 6.99. The summed E-state index contributed by atoms with van der Waals surface area (Å²) in [6, 6.07) is 10.1. The Balaban J connectivity index is 1.60. The average molecular weight is 325 g/mol. The second kappa shape index (κ2) is 5.08. The van der Waals surface area contributed by atoms with E-state index in [4.69, 9.17) is 4.52 Å². The summed E-state index contributed by atoms with van der Waals surface area (Å²) in [5, 5.41) is 17.5. The highest BCUT2D eigenvalue weighted by molar-refractivity contribution is 5.99. The van der Waals surface area contributed by atoms with Crippen molar-refractivity contribution in [2.45, 2.75) is 24.9 Å². The van der Waals surface area contributed by atoms with Crippen molar-refractivity contribution in [1.29, 1.82) is 0 Å². The highest BCUT2D eigenvalue weighted by atomic mass is 16.5. The Hall–Kier alpha value is -2.34. The van der Waals surface area contributed by atoms with Gasteiger partial charge in [0.15, 0.2) is 17.1 Å². The molecule has 0 aliphatic carbocycles. The van der Waals surface area contributed by atoms with Crippen LogP contribution in [0.5, 0.6) is 0 Å². The number of hydrogen-bond acceptors (Lipinski definition) is 5. The van der Waals surface area contributed by atoms with Crippen LogP contribution in [0.25, 0.3) is 11.3 Å². The molecule has 5 rings (SSSR count). The molecule has 4 atom stereocenters. The van der Waals surface area contributed by atoms with Gasteiger partial charge in [-0.15, -0.1) is 0 Å². The predicted octanol–water partition coefficient (Wildman–Crippen LogP) is 2.23. The molecule has 0 radical (unpaired) electrons. The molecule has 0 spiro atoms. The largest absolute Gasteiger partial charge is 0.477 e. The third-order valence-corrected chi connectivity index (χ3v) is 5.94. The van der Waals surface area contributed by atoms with Crippen molar-refractivity contribution in [1.82, 2.24) is 10.5 Å². The lowest BCUT2D eigenvalue weighted by Crippen LogP contribution is -2.35. The number of rotatable bonds is 3. The van der Waals surface area contributed by atoms with E-state index in [-0.39, 0.29) is 5.56 Å². The first-order chi connectivity index (χ1) is 11.8. The van der Waals surface area contributed by atoms with Crippen molar-refractivity contribution in [2.75, 3.05) is 18.0 Å². The number of anilines is 1. The number of carbonyl (C=O) groups is 1. The molecule has 124 valence electrons. The Bertz CT molecular complexity index is 770. The molecule has 3 fully saturated rings. The van der Waals surface area contributed by atoms with Crippen LogP contribution in [0.1, 0.15) is 23.2 Å². The molecular weight excluding hydrogens is 306 g/mol. The number of aromatic nitrogens is 1. The van der Waals surface area contributed by atoms with E-state index in [0.29, 0.717) is 35.5 Å². The zero-order valence-electron chi connectivity index (χ0n) is 13.2. The van der Waals surface area contributed by atoms with Gasteiger partial charge in [-0.1, -0.05) is 35.5 Å². The van der Waals surface area contributed by atoms with Gasteiger partial charge in [-0.25, -0.2) is 4.79 Å². The van der Waals surface area contributed by atoms with E-state index in [9.17, 15) is 9.90 Å². The van der Waals surface area contributed by atoms with E-state index >= 15 is 0 Å². The Morgan fingerprint density at radius 3 is 2.46 bits per heavy atom. The Labute approximate surface area is 139 Å². The maximum Gasteiger partial charge on any atom is 0.343 e. The van der Waals surface area contributed by atoms with Crippen LogP contribution in [0.3, 0.4) is 0 Å². The quantitative estimate of drug-likeness (QED) is 0.901. The molecule has 6 heteroatoms. The number of aromatic carboxylic acids is 1. The molecule has 3 saturated heterocycles. The monoisotopic (exact) mass is 325 g/mol. The molecule has 4 heterocycles. The summed E-state index contributed by atoms with van der Waals surface area (Å²) < 4.78 is 5.51. The molecular formula is C18H19N3O3. The third kappa shape index (κ3) is 1.80. The Kier molecular flexibility index (Phi) is 2.97. The van der Waals surface area contributed by atoms with Gasteiger partial charge in [0.25, 0.3) is 0 Å². The van der Waals surface area contributed by atoms with Crippen LogP contribution in [0.4, 0.5) is 5.82 Å². The predicted molar refractivity (Wildman–Crippen MR) is 88.0 cm³/mol. The molecule has 6 nitrogen and oxygen atoms in total. The zero-order valence-corrected chi connectivity index (χ0v) is 13.2. The SMILES string of the molecule is O=C(O)c1c(N2[C@@H]3CC[C@H]2[C@H]2CNC[C@H]23)noc1-c1ccccc1. The number of benzene rings is 1. The molecule has 2 aromatic rings. The Morgan fingerprint density at radius 1 is 1.17 bits per heavy atom. The van der Waals surface area contributed by atoms with Crippen molar-refractivity contribution in [3.8, 4) is 11.3 Å². The molecule has 2 bridgehead atoms. The standard InChI is InChI=1S/C18H19N3O3/c22-18(23)15-16(10-4-2-1-3-5-10)24-20-17(15)21-13-6-7-14(21)12-9-19-8-11(12)13/h1-5,11-14,19H,6-9H2,(H,22,23)/t11-,12+,13-,14+. The molecule has 0 amide bonds. The van der Waals surface area contributed by atoms with Gasteiger partial charge in [0.05, 0.1) is 0 Å². The summed E-state index contributed by atoms with van der Waals surface area (Å²) in [6.07, 6.45) is 2.22. The number of carboxylic acids is 1. The van der Waals surface area contributed by atoms with Gasteiger partial charge in [0.2, 0.25) is 0 Å². The number of carboxylic acid groups (broad SMARTS) is 1. The number of fused-ring (bicyclic) bond motifs is 5. The minimum atomic E-state index is -0.973. The molecule has 0 saturated carbocycles. The fourth-order valence-corrected chi connectivity index (χ4v) is 5.02. The van der Waals surface area contributed by atoms with Gasteiger partial charge in [-0.3, -0.25) is 0 Å². The topological polar surface area (TPSA) is 78.6 Å².